The smallest absolute Gasteiger partial charge is 0.225 e. The highest BCUT2D eigenvalue weighted by Crippen LogP contribution is 2.31. The average Bonchev–Trinajstić information content (AvgIpc) is 2.97. The molecule has 1 atom stereocenters. The number of piperidine rings is 1. The van der Waals surface area contributed by atoms with Crippen LogP contribution in [0.3, 0.4) is 0 Å². The Labute approximate surface area is 255 Å². The topological polar surface area (TPSA) is 70.7 Å². The fraction of sp³-hybridized carbons (Fsp3) is 0.394. The zero-order chi connectivity index (χ0) is 31.0. The number of hydrogen-bond acceptors (Lipinski definition) is 4. The number of morpholine rings is 1. The second-order valence-electron chi connectivity index (χ2n) is 10.9. The van der Waals surface area contributed by atoms with Gasteiger partial charge >= 0.3 is 0 Å². The van der Waals surface area contributed by atoms with Crippen LogP contribution in [0.25, 0.3) is 0 Å². The molecule has 2 N–H and O–H groups in total. The maximum Gasteiger partial charge on any atom is 0.225 e. The van der Waals surface area contributed by atoms with Crippen molar-refractivity contribution in [1.29, 1.82) is 0 Å². The Morgan fingerprint density at radius 2 is 1.70 bits per heavy atom. The summed E-state index contributed by atoms with van der Waals surface area (Å²) in [7, 11) is 0. The minimum absolute atomic E-state index is 0.0181. The third-order valence-electron chi connectivity index (χ3n) is 7.95. The van der Waals surface area contributed by atoms with E-state index in [1.54, 1.807) is 44.2 Å². The largest absolute Gasteiger partial charge is 0.372 e. The first kappa shape index (κ1) is 32.5. The van der Waals surface area contributed by atoms with Crippen molar-refractivity contribution in [2.45, 2.75) is 51.0 Å². The Morgan fingerprint density at radius 3 is 2.28 bits per heavy atom. The Bertz CT molecular complexity index is 1380. The molecule has 3 aromatic rings. The summed E-state index contributed by atoms with van der Waals surface area (Å²) in [4.78, 5) is 25.8. The molecule has 10 heteroatoms. The van der Waals surface area contributed by atoms with Crippen LogP contribution in [0.15, 0.2) is 60.7 Å². The number of benzene rings is 3. The van der Waals surface area contributed by atoms with Crippen molar-refractivity contribution in [2.75, 3.05) is 38.1 Å². The molecule has 0 saturated carbocycles. The lowest BCUT2D eigenvalue weighted by Crippen LogP contribution is -2.56. The molecular formula is C33H37ClF3N3O3. The fourth-order valence-electron chi connectivity index (χ4n) is 5.58. The van der Waals surface area contributed by atoms with E-state index in [0.29, 0.717) is 33.8 Å². The highest BCUT2D eigenvalue weighted by atomic mass is 35.5. The lowest BCUT2D eigenvalue weighted by atomic mass is 9.88. The second-order valence-corrected chi connectivity index (χ2v) is 11.3. The molecule has 43 heavy (non-hydrogen) atoms. The number of nitrogens with one attached hydrogen (secondary N) is 2. The van der Waals surface area contributed by atoms with Gasteiger partial charge < -0.3 is 20.3 Å². The van der Waals surface area contributed by atoms with Gasteiger partial charge in [-0.15, -0.1) is 0 Å². The van der Waals surface area contributed by atoms with Gasteiger partial charge in [0.05, 0.1) is 12.2 Å². The van der Waals surface area contributed by atoms with Gasteiger partial charge in [0, 0.05) is 67.8 Å². The molecule has 5 rings (SSSR count). The molecule has 2 fully saturated rings. The lowest BCUT2D eigenvalue weighted by molar-refractivity contribution is -0.138. The van der Waals surface area contributed by atoms with E-state index < -0.39 is 29.3 Å². The Balaban J connectivity index is 0.000000251. The van der Waals surface area contributed by atoms with E-state index in [1.165, 1.54) is 24.3 Å². The van der Waals surface area contributed by atoms with Crippen molar-refractivity contribution in [1.82, 2.24) is 10.2 Å². The molecule has 230 valence electrons. The van der Waals surface area contributed by atoms with Gasteiger partial charge in [0.15, 0.2) is 0 Å². The third kappa shape index (κ3) is 8.81. The number of halogens is 4. The fourth-order valence-corrected chi connectivity index (χ4v) is 5.70. The normalized spacial score (nSPS) is 16.7. The maximum absolute atomic E-state index is 14.0. The van der Waals surface area contributed by atoms with Gasteiger partial charge in [-0.1, -0.05) is 36.7 Å². The van der Waals surface area contributed by atoms with Crippen molar-refractivity contribution in [2.24, 2.45) is 0 Å². The number of nitrogens with zero attached hydrogens (tertiary/aromatic N) is 1. The molecule has 2 amide bonds. The number of carbonyl (C=O) groups excluding carboxylic acids is 2. The molecule has 3 aromatic carbocycles. The van der Waals surface area contributed by atoms with Crippen LogP contribution in [-0.2, 0) is 20.7 Å². The summed E-state index contributed by atoms with van der Waals surface area (Å²) in [6, 6.07) is 14.4. The quantitative estimate of drug-likeness (QED) is 0.334. The van der Waals surface area contributed by atoms with E-state index in [2.05, 4.69) is 10.6 Å². The molecule has 2 aliphatic rings. The van der Waals surface area contributed by atoms with Gasteiger partial charge in [0.2, 0.25) is 11.8 Å². The molecular weight excluding hydrogens is 579 g/mol. The van der Waals surface area contributed by atoms with Crippen LogP contribution in [0.4, 0.5) is 18.9 Å². The minimum Gasteiger partial charge on any atom is -0.372 e. The monoisotopic (exact) mass is 615 g/mol. The molecule has 0 unspecified atom stereocenters. The highest BCUT2D eigenvalue weighted by molar-refractivity contribution is 6.30. The van der Waals surface area contributed by atoms with E-state index in [1.807, 2.05) is 4.90 Å². The molecule has 0 aromatic heterocycles. The Morgan fingerprint density at radius 1 is 1.02 bits per heavy atom. The molecule has 6 nitrogen and oxygen atoms in total. The van der Waals surface area contributed by atoms with Gasteiger partial charge in [0.1, 0.15) is 17.5 Å². The first-order chi connectivity index (χ1) is 20.6. The van der Waals surface area contributed by atoms with Crippen LogP contribution in [-0.4, -0.2) is 55.1 Å². The predicted octanol–water partition coefficient (Wildman–Crippen LogP) is 6.47. The Hall–Kier alpha value is -3.40. The van der Waals surface area contributed by atoms with Crippen molar-refractivity contribution < 1.29 is 27.5 Å². The Kier molecular flexibility index (Phi) is 11.2. The zero-order valence-electron chi connectivity index (χ0n) is 24.4. The molecule has 2 heterocycles. The van der Waals surface area contributed by atoms with E-state index in [4.69, 9.17) is 16.3 Å². The minimum atomic E-state index is -0.724. The van der Waals surface area contributed by atoms with E-state index >= 15 is 0 Å². The second kappa shape index (κ2) is 14.9. The summed E-state index contributed by atoms with van der Waals surface area (Å²) in [6.45, 7) is 7.82. The van der Waals surface area contributed by atoms with Gasteiger partial charge in [-0.05, 0) is 66.8 Å². The number of hydrogen-bond donors (Lipinski definition) is 2. The van der Waals surface area contributed by atoms with Crippen molar-refractivity contribution in [3.63, 3.8) is 0 Å². The van der Waals surface area contributed by atoms with Crippen LogP contribution >= 0.6 is 11.6 Å². The van der Waals surface area contributed by atoms with Crippen molar-refractivity contribution in [3.05, 3.63) is 99.8 Å². The number of likely N-dealkylation sites (tertiary alicyclic amines) is 1. The number of carbonyl (C=O) groups is 2. The van der Waals surface area contributed by atoms with Gasteiger partial charge in [-0.25, -0.2) is 13.2 Å². The first-order valence-electron chi connectivity index (χ1n) is 14.5. The van der Waals surface area contributed by atoms with Crippen molar-refractivity contribution >= 4 is 29.1 Å². The van der Waals surface area contributed by atoms with Crippen LogP contribution < -0.4 is 10.6 Å². The number of ether oxygens (including phenoxy) is 1. The van der Waals surface area contributed by atoms with Crippen LogP contribution in [0.1, 0.15) is 55.7 Å². The number of rotatable bonds is 6. The summed E-state index contributed by atoms with van der Waals surface area (Å²) < 4.78 is 47.4. The van der Waals surface area contributed by atoms with Crippen LogP contribution in [0, 0.1) is 17.5 Å². The lowest BCUT2D eigenvalue weighted by Gasteiger charge is -2.43. The van der Waals surface area contributed by atoms with Gasteiger partial charge in [-0.2, -0.15) is 0 Å². The van der Waals surface area contributed by atoms with E-state index in [-0.39, 0.29) is 17.9 Å². The molecule has 2 saturated heterocycles. The van der Waals surface area contributed by atoms with Crippen LogP contribution in [0.5, 0.6) is 0 Å². The predicted molar refractivity (Wildman–Crippen MR) is 162 cm³/mol. The molecule has 1 spiro atoms. The van der Waals surface area contributed by atoms with Crippen LogP contribution in [0.2, 0.25) is 5.02 Å². The van der Waals surface area contributed by atoms with Crippen molar-refractivity contribution in [3.8, 4) is 0 Å². The first-order valence-corrected chi connectivity index (χ1v) is 14.9. The SMILES string of the molecule is CC(=O)N1CCC2(CC1)CNCCO2.CCc1c(F)cccc1NC(=O)C[C@@H](c1ccc(Cl)cc1)c1cc(F)cc(F)c1. The van der Waals surface area contributed by atoms with Gasteiger partial charge in [-0.3, -0.25) is 9.59 Å². The molecule has 0 aliphatic carbocycles. The van der Waals surface area contributed by atoms with Gasteiger partial charge in [0.25, 0.3) is 0 Å². The summed E-state index contributed by atoms with van der Waals surface area (Å²) in [5.41, 5.74) is 1.82. The average molecular weight is 616 g/mol. The number of anilines is 1. The summed E-state index contributed by atoms with van der Waals surface area (Å²) in [6.07, 6.45) is 2.28. The highest BCUT2D eigenvalue weighted by Gasteiger charge is 2.37. The summed E-state index contributed by atoms with van der Waals surface area (Å²) >= 11 is 5.94. The standard InChI is InChI=1S/C23H19ClF3NO.C10H18N2O2/c1-2-19-21(27)4-3-5-22(19)28-23(29)13-20(14-6-8-16(24)9-7-14)15-10-17(25)12-18(26)11-15;1-9(13)12-5-2-10(3-6-12)8-11-4-7-14-10/h3-12,20H,2,13H2,1H3,(H,28,29);11H,2-8H2,1H3/t20-;/m0./s1. The molecule has 0 radical (unpaired) electrons. The zero-order valence-corrected chi connectivity index (χ0v) is 25.2. The van der Waals surface area contributed by atoms with E-state index in [0.717, 1.165) is 51.7 Å². The maximum atomic E-state index is 14.0. The number of amides is 2. The molecule has 0 bridgehead atoms. The molecule has 2 aliphatic heterocycles. The third-order valence-corrected chi connectivity index (χ3v) is 8.20. The van der Waals surface area contributed by atoms with E-state index in [9.17, 15) is 22.8 Å². The summed E-state index contributed by atoms with van der Waals surface area (Å²) in [5.74, 6) is -2.66. The summed E-state index contributed by atoms with van der Waals surface area (Å²) in [5, 5.41) is 6.59.